The van der Waals surface area contributed by atoms with E-state index in [2.05, 4.69) is 67.0 Å². The molecule has 372 valence electrons. The molecule has 0 aliphatic heterocycles. The number of phosphoric acid groups is 1. The van der Waals surface area contributed by atoms with Crippen LogP contribution in [0.2, 0.25) is 0 Å². The van der Waals surface area contributed by atoms with Crippen molar-refractivity contribution in [3.63, 3.8) is 0 Å². The lowest BCUT2D eigenvalue weighted by molar-refractivity contribution is -0.161. The number of hydrogen-bond donors (Lipinski definition) is 3. The molecule has 0 spiro atoms. The van der Waals surface area contributed by atoms with E-state index in [1.807, 2.05) is 0 Å². The van der Waals surface area contributed by atoms with Crippen molar-refractivity contribution in [3.8, 4) is 0 Å². The van der Waals surface area contributed by atoms with Gasteiger partial charge in [0, 0.05) is 12.8 Å². The van der Waals surface area contributed by atoms with Crippen LogP contribution in [-0.4, -0.2) is 59.9 Å². The highest BCUT2D eigenvalue weighted by Gasteiger charge is 2.28. The first kappa shape index (κ1) is 61.4. The quantitative estimate of drug-likeness (QED) is 0.0229. The van der Waals surface area contributed by atoms with Crippen molar-refractivity contribution in [2.75, 3.05) is 19.8 Å². The first-order valence-corrected chi connectivity index (χ1v) is 27.2. The van der Waals surface area contributed by atoms with Crippen molar-refractivity contribution in [2.24, 2.45) is 5.73 Å². The van der Waals surface area contributed by atoms with Gasteiger partial charge in [0.15, 0.2) is 6.10 Å². The summed E-state index contributed by atoms with van der Waals surface area (Å²) >= 11 is 0. The minimum absolute atomic E-state index is 0.156. The molecule has 1 unspecified atom stereocenters. The van der Waals surface area contributed by atoms with Crippen molar-refractivity contribution in [3.05, 3.63) is 48.6 Å². The van der Waals surface area contributed by atoms with Gasteiger partial charge in [-0.25, -0.2) is 4.57 Å². The number of carbonyl (C=O) groups excluding carboxylic acids is 2. The minimum Gasteiger partial charge on any atom is -0.480 e. The molecule has 0 radical (unpaired) electrons. The van der Waals surface area contributed by atoms with Gasteiger partial charge in [-0.05, 0) is 57.8 Å². The van der Waals surface area contributed by atoms with Gasteiger partial charge in [-0.1, -0.05) is 210 Å². The van der Waals surface area contributed by atoms with Crippen LogP contribution in [0.15, 0.2) is 48.6 Å². The molecule has 0 aromatic rings. The summed E-state index contributed by atoms with van der Waals surface area (Å²) in [5, 5.41) is 8.92. The van der Waals surface area contributed by atoms with Crippen LogP contribution in [-0.2, 0) is 37.5 Å². The van der Waals surface area contributed by atoms with E-state index >= 15 is 0 Å². The van der Waals surface area contributed by atoms with Crippen LogP contribution >= 0.6 is 7.82 Å². The maximum absolute atomic E-state index is 12.7. The van der Waals surface area contributed by atoms with Crippen LogP contribution in [0.5, 0.6) is 0 Å². The number of unbranched alkanes of at least 4 members (excludes halogenated alkanes) is 26. The topological polar surface area (TPSA) is 172 Å². The number of hydrogen-bond acceptors (Lipinski definition) is 9. The average Bonchev–Trinajstić information content (AvgIpc) is 3.27. The Morgan fingerprint density at radius 2 is 0.828 bits per heavy atom. The number of rotatable bonds is 48. The van der Waals surface area contributed by atoms with Gasteiger partial charge >= 0.3 is 25.7 Å². The highest BCUT2D eigenvalue weighted by molar-refractivity contribution is 7.47. The van der Waals surface area contributed by atoms with Gasteiger partial charge in [-0.2, -0.15) is 0 Å². The number of esters is 2. The van der Waals surface area contributed by atoms with Crippen LogP contribution in [0, 0.1) is 0 Å². The second-order valence-corrected chi connectivity index (χ2v) is 18.8. The number of phosphoric ester groups is 1. The molecule has 0 bridgehead atoms. The zero-order chi connectivity index (χ0) is 47.0. The fraction of sp³-hybridized carbons (Fsp3) is 0.788. The summed E-state index contributed by atoms with van der Waals surface area (Å²) in [7, 11) is -4.73. The molecule has 0 amide bonds. The molecule has 64 heavy (non-hydrogen) atoms. The molecular weight excluding hydrogens is 830 g/mol. The van der Waals surface area contributed by atoms with Gasteiger partial charge in [0.05, 0.1) is 13.2 Å². The lowest BCUT2D eigenvalue weighted by Gasteiger charge is -2.20. The van der Waals surface area contributed by atoms with Crippen LogP contribution in [0.1, 0.15) is 232 Å². The summed E-state index contributed by atoms with van der Waals surface area (Å²) in [6.45, 7) is 2.78. The van der Waals surface area contributed by atoms with Gasteiger partial charge in [0.1, 0.15) is 12.6 Å². The molecule has 0 aliphatic rings. The smallest absolute Gasteiger partial charge is 0.472 e. The van der Waals surface area contributed by atoms with Gasteiger partial charge < -0.3 is 25.2 Å². The Hall–Kier alpha value is -2.56. The molecule has 0 saturated carbocycles. The molecule has 0 saturated heterocycles. The molecule has 11 nitrogen and oxygen atoms in total. The summed E-state index contributed by atoms with van der Waals surface area (Å²) in [6, 6.07) is -1.53. The van der Waals surface area contributed by atoms with Crippen LogP contribution in [0.3, 0.4) is 0 Å². The molecule has 0 aromatic carbocycles. The zero-order valence-electron chi connectivity index (χ0n) is 40.6. The largest absolute Gasteiger partial charge is 0.480 e. The molecule has 3 atom stereocenters. The van der Waals surface area contributed by atoms with E-state index in [0.717, 1.165) is 57.8 Å². The summed E-state index contributed by atoms with van der Waals surface area (Å²) < 4.78 is 32.8. The van der Waals surface area contributed by atoms with E-state index in [1.165, 1.54) is 135 Å². The van der Waals surface area contributed by atoms with E-state index < -0.39 is 51.1 Å². The fourth-order valence-electron chi connectivity index (χ4n) is 7.05. The molecule has 12 heteroatoms. The normalized spacial score (nSPS) is 13.9. The van der Waals surface area contributed by atoms with Crippen molar-refractivity contribution >= 4 is 25.7 Å². The third-order valence-electron chi connectivity index (χ3n) is 11.1. The standard InChI is InChI=1S/C52H94NO10P/c1-3-5-7-9-11-13-15-17-19-21-23-24-26-28-30-32-34-36-38-40-42-44-51(55)63-48(46-61-64(58,59)62-47-49(53)52(56)57)45-60-50(54)43-41-39-37-35-33-31-29-27-25-22-20-18-16-14-12-10-8-6-4-2/h12,14,18,20,25,27,31,33,48-49H,3-11,13,15-17,19,21-24,26,28-30,32,34-47,53H2,1-2H3,(H,56,57)(H,58,59)/b14-12+,20-18+,27-25+,33-31+/t48-,49+/m1/s1. The zero-order valence-corrected chi connectivity index (χ0v) is 41.5. The lowest BCUT2D eigenvalue weighted by atomic mass is 10.0. The van der Waals surface area contributed by atoms with Gasteiger partial charge in [0.25, 0.3) is 0 Å². The summed E-state index contributed by atoms with van der Waals surface area (Å²) in [6.07, 6.45) is 54.6. The average molecular weight is 924 g/mol. The molecule has 4 N–H and O–H groups in total. The van der Waals surface area contributed by atoms with Crippen LogP contribution in [0.25, 0.3) is 0 Å². The molecular formula is C52H94NO10P. The van der Waals surface area contributed by atoms with E-state index in [-0.39, 0.29) is 19.4 Å². The number of carboxylic acid groups (broad SMARTS) is 1. The SMILES string of the molecule is CCCCC/C=C/C/C=C/C/C=C/C/C=C/CCCCCC(=O)OC[C@H](COP(=O)(O)OC[C@H](N)C(=O)O)OC(=O)CCCCCCCCCCCCCCCCCCCCCCC. The maximum Gasteiger partial charge on any atom is 0.472 e. The number of ether oxygens (including phenoxy) is 2. The van der Waals surface area contributed by atoms with Crippen molar-refractivity contribution in [1.29, 1.82) is 0 Å². The van der Waals surface area contributed by atoms with E-state index in [1.54, 1.807) is 0 Å². The fourth-order valence-corrected chi connectivity index (χ4v) is 7.83. The van der Waals surface area contributed by atoms with Gasteiger partial charge in [-0.15, -0.1) is 0 Å². The van der Waals surface area contributed by atoms with Crippen molar-refractivity contribution < 1.29 is 47.5 Å². The predicted octanol–water partition coefficient (Wildman–Crippen LogP) is 14.5. The highest BCUT2D eigenvalue weighted by Crippen LogP contribution is 2.43. The first-order chi connectivity index (χ1) is 31.1. The Balaban J connectivity index is 4.29. The van der Waals surface area contributed by atoms with Gasteiger partial charge in [0.2, 0.25) is 0 Å². The maximum atomic E-state index is 12.7. The lowest BCUT2D eigenvalue weighted by Crippen LogP contribution is -2.34. The Morgan fingerprint density at radius 1 is 0.484 bits per heavy atom. The first-order valence-electron chi connectivity index (χ1n) is 25.7. The van der Waals surface area contributed by atoms with E-state index in [9.17, 15) is 23.8 Å². The summed E-state index contributed by atoms with van der Waals surface area (Å²) in [5.74, 6) is -2.41. The number of allylic oxidation sites excluding steroid dienone is 8. The number of aliphatic carboxylic acids is 1. The third kappa shape index (κ3) is 46.0. The summed E-state index contributed by atoms with van der Waals surface area (Å²) in [4.78, 5) is 46.2. The predicted molar refractivity (Wildman–Crippen MR) is 263 cm³/mol. The minimum atomic E-state index is -4.73. The van der Waals surface area contributed by atoms with Crippen molar-refractivity contribution in [1.82, 2.24) is 0 Å². The Kier molecular flexibility index (Phi) is 45.1. The van der Waals surface area contributed by atoms with Crippen LogP contribution < -0.4 is 5.73 Å². The number of carboxylic acids is 1. The van der Waals surface area contributed by atoms with E-state index in [4.69, 9.17) is 24.8 Å². The molecule has 0 aromatic heterocycles. The highest BCUT2D eigenvalue weighted by atomic mass is 31.2. The molecule has 0 fully saturated rings. The van der Waals surface area contributed by atoms with E-state index in [0.29, 0.717) is 12.8 Å². The number of carbonyl (C=O) groups is 3. The molecule has 0 rings (SSSR count). The van der Waals surface area contributed by atoms with Crippen LogP contribution in [0.4, 0.5) is 0 Å². The second-order valence-electron chi connectivity index (χ2n) is 17.3. The van der Waals surface area contributed by atoms with Crippen molar-refractivity contribution in [2.45, 2.75) is 244 Å². The number of nitrogens with two attached hydrogens (primary N) is 1. The molecule has 0 heterocycles. The Labute approximate surface area is 390 Å². The Bertz CT molecular complexity index is 1270. The molecule has 0 aliphatic carbocycles. The monoisotopic (exact) mass is 924 g/mol. The summed E-state index contributed by atoms with van der Waals surface area (Å²) in [5.41, 5.74) is 5.35. The Morgan fingerprint density at radius 3 is 1.27 bits per heavy atom. The van der Waals surface area contributed by atoms with Gasteiger partial charge in [-0.3, -0.25) is 23.4 Å². The third-order valence-corrected chi connectivity index (χ3v) is 12.0. The second kappa shape index (κ2) is 47.0.